The first-order valence-electron chi connectivity index (χ1n) is 7.54. The van der Waals surface area contributed by atoms with Crippen LogP contribution in [0.15, 0.2) is 85.1 Å². The molecular formula is C20H22N2. The van der Waals surface area contributed by atoms with Gasteiger partial charge < -0.3 is 5.32 Å². The highest BCUT2D eigenvalue weighted by Gasteiger charge is 1.95. The first-order chi connectivity index (χ1) is 10.8. The number of aromatic nitrogens is 1. The average molecular weight is 290 g/mol. The van der Waals surface area contributed by atoms with Gasteiger partial charge in [-0.25, -0.2) is 0 Å². The van der Waals surface area contributed by atoms with Crippen LogP contribution in [0.2, 0.25) is 0 Å². The molecule has 0 unspecified atom stereocenters. The smallest absolute Gasteiger partial charge is 0.0428 e. The van der Waals surface area contributed by atoms with E-state index in [1.165, 1.54) is 0 Å². The topological polar surface area (TPSA) is 24.9 Å². The van der Waals surface area contributed by atoms with E-state index < -0.39 is 0 Å². The Morgan fingerprint density at radius 1 is 0.682 bits per heavy atom. The van der Waals surface area contributed by atoms with E-state index >= 15 is 0 Å². The molecule has 2 aromatic carbocycles. The highest BCUT2D eigenvalue weighted by atomic mass is 14.9. The molecule has 0 aliphatic rings. The summed E-state index contributed by atoms with van der Waals surface area (Å²) in [4.78, 5) is 4.18. The predicted molar refractivity (Wildman–Crippen MR) is 94.5 cm³/mol. The maximum absolute atomic E-state index is 4.18. The molecule has 0 spiro atoms. The van der Waals surface area contributed by atoms with E-state index in [0.29, 0.717) is 5.92 Å². The van der Waals surface area contributed by atoms with Gasteiger partial charge in [-0.3, -0.25) is 4.98 Å². The third kappa shape index (κ3) is 5.41. The molecule has 2 nitrogen and oxygen atoms in total. The first-order valence-corrected chi connectivity index (χ1v) is 7.54. The summed E-state index contributed by atoms with van der Waals surface area (Å²) in [6, 6.07) is 26.3. The van der Waals surface area contributed by atoms with E-state index in [1.807, 2.05) is 85.1 Å². The van der Waals surface area contributed by atoms with E-state index in [2.05, 4.69) is 24.1 Å². The molecule has 1 N–H and O–H groups in total. The number of hydrogen-bond donors (Lipinski definition) is 1. The number of pyridine rings is 1. The molecule has 0 saturated carbocycles. The Kier molecular flexibility index (Phi) is 6.18. The first kappa shape index (κ1) is 15.8. The maximum atomic E-state index is 4.18. The van der Waals surface area contributed by atoms with Crippen molar-refractivity contribution in [3.8, 4) is 0 Å². The van der Waals surface area contributed by atoms with Crippen molar-refractivity contribution in [3.05, 3.63) is 90.8 Å². The summed E-state index contributed by atoms with van der Waals surface area (Å²) < 4.78 is 0. The van der Waals surface area contributed by atoms with E-state index in [0.717, 1.165) is 17.1 Å². The second-order valence-corrected chi connectivity index (χ2v) is 5.27. The Hall–Kier alpha value is -2.61. The van der Waals surface area contributed by atoms with Crippen LogP contribution in [0.25, 0.3) is 0 Å². The lowest BCUT2D eigenvalue weighted by molar-refractivity contribution is 0.823. The van der Waals surface area contributed by atoms with Crippen LogP contribution < -0.4 is 5.32 Å². The van der Waals surface area contributed by atoms with Crippen molar-refractivity contribution in [3.63, 3.8) is 0 Å². The minimum Gasteiger partial charge on any atom is -0.356 e. The third-order valence-electron chi connectivity index (χ3n) is 3.12. The van der Waals surface area contributed by atoms with E-state index in [4.69, 9.17) is 0 Å². The summed E-state index contributed by atoms with van der Waals surface area (Å²) in [5.74, 6) is 0.547. The fourth-order valence-corrected chi connectivity index (χ4v) is 1.93. The van der Waals surface area contributed by atoms with Crippen LogP contribution in [-0.4, -0.2) is 4.98 Å². The Balaban J connectivity index is 0.000000172. The zero-order valence-electron chi connectivity index (χ0n) is 13.1. The van der Waals surface area contributed by atoms with Gasteiger partial charge >= 0.3 is 0 Å². The number of hydrogen-bond acceptors (Lipinski definition) is 2. The molecule has 0 aliphatic carbocycles. The summed E-state index contributed by atoms with van der Waals surface area (Å²) >= 11 is 0. The second-order valence-electron chi connectivity index (χ2n) is 5.27. The molecule has 2 heteroatoms. The van der Waals surface area contributed by atoms with Gasteiger partial charge in [0.05, 0.1) is 0 Å². The summed E-state index contributed by atoms with van der Waals surface area (Å²) in [7, 11) is 0. The largest absolute Gasteiger partial charge is 0.356 e. The van der Waals surface area contributed by atoms with Crippen molar-refractivity contribution in [2.45, 2.75) is 19.8 Å². The summed E-state index contributed by atoms with van der Waals surface area (Å²) in [5, 5.41) is 3.30. The molecule has 3 aromatic rings. The van der Waals surface area contributed by atoms with Gasteiger partial charge in [0.1, 0.15) is 0 Å². The quantitative estimate of drug-likeness (QED) is 0.675. The van der Waals surface area contributed by atoms with Gasteiger partial charge in [0, 0.05) is 23.3 Å². The van der Waals surface area contributed by atoms with Gasteiger partial charge in [-0.2, -0.15) is 0 Å². The van der Waals surface area contributed by atoms with Crippen molar-refractivity contribution in [1.29, 1.82) is 0 Å². The maximum Gasteiger partial charge on any atom is 0.0428 e. The lowest BCUT2D eigenvalue weighted by Gasteiger charge is -2.04. The third-order valence-corrected chi connectivity index (χ3v) is 3.12. The van der Waals surface area contributed by atoms with Crippen LogP contribution >= 0.6 is 0 Å². The van der Waals surface area contributed by atoms with E-state index in [9.17, 15) is 0 Å². The predicted octanol–water partition coefficient (Wildman–Crippen LogP) is 5.64. The number of rotatable bonds is 3. The molecule has 0 radical (unpaired) electrons. The molecule has 0 bridgehead atoms. The van der Waals surface area contributed by atoms with E-state index in [1.54, 1.807) is 0 Å². The molecule has 1 aromatic heterocycles. The molecule has 22 heavy (non-hydrogen) atoms. The standard InChI is InChI=1S/C12H11N.C8H11N/c1-3-7-11(8-4-1)13-12-9-5-2-6-10-12;1-7(2)8-5-3-4-6-9-8/h1-10,13H;3-7H,1-2H3. The Morgan fingerprint density at radius 2 is 1.18 bits per heavy atom. The number of para-hydroxylation sites is 2. The van der Waals surface area contributed by atoms with Crippen molar-refractivity contribution >= 4 is 11.4 Å². The van der Waals surface area contributed by atoms with Gasteiger partial charge in [0.15, 0.2) is 0 Å². The SMILES string of the molecule is CC(C)c1ccccn1.c1ccc(Nc2ccccc2)cc1. The molecule has 0 atom stereocenters. The van der Waals surface area contributed by atoms with Crippen molar-refractivity contribution in [2.24, 2.45) is 0 Å². The van der Waals surface area contributed by atoms with Gasteiger partial charge in [-0.1, -0.05) is 56.3 Å². The highest BCUT2D eigenvalue weighted by molar-refractivity contribution is 5.58. The van der Waals surface area contributed by atoms with Crippen LogP contribution in [0.5, 0.6) is 0 Å². The Bertz CT molecular complexity index is 597. The lowest BCUT2D eigenvalue weighted by Crippen LogP contribution is -1.88. The lowest BCUT2D eigenvalue weighted by atomic mass is 10.1. The van der Waals surface area contributed by atoms with Crippen molar-refractivity contribution in [1.82, 2.24) is 4.98 Å². The van der Waals surface area contributed by atoms with Crippen LogP contribution in [0.4, 0.5) is 11.4 Å². The van der Waals surface area contributed by atoms with Crippen LogP contribution in [0, 0.1) is 0 Å². The minimum atomic E-state index is 0.547. The summed E-state index contributed by atoms with van der Waals surface area (Å²) in [6.45, 7) is 4.28. The molecular weight excluding hydrogens is 268 g/mol. The van der Waals surface area contributed by atoms with Gasteiger partial charge in [-0.15, -0.1) is 0 Å². The number of anilines is 2. The normalized spacial score (nSPS) is 9.77. The van der Waals surface area contributed by atoms with Crippen molar-refractivity contribution < 1.29 is 0 Å². The molecule has 0 amide bonds. The van der Waals surface area contributed by atoms with E-state index in [-0.39, 0.29) is 0 Å². The minimum absolute atomic E-state index is 0.547. The summed E-state index contributed by atoms with van der Waals surface area (Å²) in [6.07, 6.45) is 1.83. The molecule has 0 aliphatic heterocycles. The number of nitrogens with zero attached hydrogens (tertiary/aromatic N) is 1. The fraction of sp³-hybridized carbons (Fsp3) is 0.150. The summed E-state index contributed by atoms with van der Waals surface area (Å²) in [5.41, 5.74) is 3.40. The van der Waals surface area contributed by atoms with Crippen LogP contribution in [0.3, 0.4) is 0 Å². The monoisotopic (exact) mass is 290 g/mol. The van der Waals surface area contributed by atoms with Crippen LogP contribution in [0.1, 0.15) is 25.5 Å². The van der Waals surface area contributed by atoms with Gasteiger partial charge in [0.2, 0.25) is 0 Å². The van der Waals surface area contributed by atoms with Crippen molar-refractivity contribution in [2.75, 3.05) is 5.32 Å². The molecule has 112 valence electrons. The van der Waals surface area contributed by atoms with Crippen LogP contribution in [-0.2, 0) is 0 Å². The molecule has 3 rings (SSSR count). The van der Waals surface area contributed by atoms with Gasteiger partial charge in [-0.05, 0) is 42.3 Å². The average Bonchev–Trinajstić information content (AvgIpc) is 2.58. The highest BCUT2D eigenvalue weighted by Crippen LogP contribution is 2.14. The number of nitrogens with one attached hydrogen (secondary N) is 1. The molecule has 0 fully saturated rings. The van der Waals surface area contributed by atoms with Gasteiger partial charge in [0.25, 0.3) is 0 Å². The molecule has 0 saturated heterocycles. The Labute approximate surface area is 132 Å². The molecule has 1 heterocycles. The fourth-order valence-electron chi connectivity index (χ4n) is 1.93. The Morgan fingerprint density at radius 3 is 1.55 bits per heavy atom. The number of benzene rings is 2. The zero-order chi connectivity index (χ0) is 15.6. The zero-order valence-corrected chi connectivity index (χ0v) is 13.1. The second kappa shape index (κ2) is 8.63.